The number of nitrogen functional groups attached to an aromatic ring is 1. The lowest BCUT2D eigenvalue weighted by molar-refractivity contribution is -0.141. The summed E-state index contributed by atoms with van der Waals surface area (Å²) in [6, 6.07) is 3.81. The Balaban J connectivity index is 1.93. The van der Waals surface area contributed by atoms with Crippen LogP contribution < -0.4 is 11.1 Å². The Bertz CT molecular complexity index is 684. The van der Waals surface area contributed by atoms with Crippen molar-refractivity contribution < 1.29 is 13.2 Å². The second kappa shape index (κ2) is 5.39. The van der Waals surface area contributed by atoms with E-state index in [9.17, 15) is 13.2 Å². The molecule has 9 heteroatoms. The molecule has 0 aromatic carbocycles. The van der Waals surface area contributed by atoms with Gasteiger partial charge in [-0.3, -0.25) is 0 Å². The van der Waals surface area contributed by atoms with Gasteiger partial charge in [-0.15, -0.1) is 0 Å². The van der Waals surface area contributed by atoms with Gasteiger partial charge in [0.25, 0.3) is 0 Å². The maximum Gasteiger partial charge on any atom is 0.433 e. The van der Waals surface area contributed by atoms with Crippen LogP contribution >= 0.6 is 0 Å². The number of nitrogens with zero attached hydrogens (tertiary/aromatic N) is 4. The minimum atomic E-state index is -4.53. The third kappa shape index (κ3) is 3.07. The van der Waals surface area contributed by atoms with Gasteiger partial charge in [0.15, 0.2) is 5.82 Å². The van der Waals surface area contributed by atoms with E-state index in [0.717, 1.165) is 25.3 Å². The zero-order chi connectivity index (χ0) is 15.7. The van der Waals surface area contributed by atoms with Gasteiger partial charge in [-0.25, -0.2) is 4.98 Å². The highest BCUT2D eigenvalue weighted by Crippen LogP contribution is 2.29. The molecule has 22 heavy (non-hydrogen) atoms. The van der Waals surface area contributed by atoms with Gasteiger partial charge in [-0.05, 0) is 31.4 Å². The highest BCUT2D eigenvalue weighted by molar-refractivity contribution is 5.53. The number of pyridine rings is 1. The van der Waals surface area contributed by atoms with E-state index in [2.05, 4.69) is 25.3 Å². The molecule has 2 aromatic rings. The van der Waals surface area contributed by atoms with E-state index >= 15 is 0 Å². The van der Waals surface area contributed by atoms with Crippen molar-refractivity contribution in [3.63, 3.8) is 0 Å². The van der Waals surface area contributed by atoms with Gasteiger partial charge in [0.1, 0.15) is 11.4 Å². The number of anilines is 2. The molecule has 0 unspecified atom stereocenters. The van der Waals surface area contributed by atoms with E-state index in [1.807, 2.05) is 0 Å². The molecule has 0 atom stereocenters. The van der Waals surface area contributed by atoms with Gasteiger partial charge >= 0.3 is 6.18 Å². The highest BCUT2D eigenvalue weighted by atomic mass is 19.4. The Morgan fingerprint density at radius 1 is 1.09 bits per heavy atom. The molecule has 0 amide bonds. The predicted octanol–water partition coefficient (Wildman–Crippen LogP) is 2.50. The van der Waals surface area contributed by atoms with Crippen molar-refractivity contribution in [2.45, 2.75) is 31.5 Å². The third-order valence-corrected chi connectivity index (χ3v) is 3.36. The van der Waals surface area contributed by atoms with Gasteiger partial charge in [-0.2, -0.15) is 28.1 Å². The molecular formula is C13H13F3N6. The largest absolute Gasteiger partial charge is 0.433 e. The average Bonchev–Trinajstić information content (AvgIpc) is 2.42. The normalized spacial score (nSPS) is 15.4. The number of hydrogen-bond donors (Lipinski definition) is 2. The molecule has 1 saturated carbocycles. The summed E-state index contributed by atoms with van der Waals surface area (Å²) in [5.74, 6) is 0.206. The Labute approximate surface area is 124 Å². The number of hydrogen-bond acceptors (Lipinski definition) is 6. The first kappa shape index (κ1) is 14.5. The monoisotopic (exact) mass is 310 g/mol. The quantitative estimate of drug-likeness (QED) is 0.905. The SMILES string of the molecule is Nc1nc(NC2CCC2)nc(-c2cccc(C(F)(F)F)n2)n1. The van der Waals surface area contributed by atoms with Crippen LogP contribution in [0.25, 0.3) is 11.5 Å². The van der Waals surface area contributed by atoms with Crippen LogP contribution in [0.1, 0.15) is 25.0 Å². The maximum atomic E-state index is 12.7. The molecule has 2 aromatic heterocycles. The fourth-order valence-electron chi connectivity index (χ4n) is 2.02. The lowest BCUT2D eigenvalue weighted by atomic mass is 9.93. The van der Waals surface area contributed by atoms with Crippen molar-refractivity contribution >= 4 is 11.9 Å². The molecule has 0 saturated heterocycles. The summed E-state index contributed by atoms with van der Waals surface area (Å²) in [6.07, 6.45) is -1.40. The van der Waals surface area contributed by atoms with Crippen LogP contribution in [-0.2, 0) is 6.18 Å². The summed E-state index contributed by atoms with van der Waals surface area (Å²) in [6.45, 7) is 0. The molecule has 0 radical (unpaired) electrons. The van der Waals surface area contributed by atoms with E-state index in [-0.39, 0.29) is 29.5 Å². The van der Waals surface area contributed by atoms with Crippen LogP contribution in [-0.4, -0.2) is 26.0 Å². The molecule has 2 heterocycles. The minimum Gasteiger partial charge on any atom is -0.368 e. The van der Waals surface area contributed by atoms with Gasteiger partial charge in [0.2, 0.25) is 11.9 Å². The summed E-state index contributed by atoms with van der Waals surface area (Å²) in [7, 11) is 0. The summed E-state index contributed by atoms with van der Waals surface area (Å²) in [5.41, 5.74) is 4.60. The third-order valence-electron chi connectivity index (χ3n) is 3.36. The molecule has 3 N–H and O–H groups in total. The van der Waals surface area contributed by atoms with Crippen LogP contribution in [0, 0.1) is 0 Å². The second-order valence-electron chi connectivity index (χ2n) is 5.02. The van der Waals surface area contributed by atoms with E-state index in [4.69, 9.17) is 5.73 Å². The number of aromatic nitrogens is 4. The molecule has 0 bridgehead atoms. The van der Waals surface area contributed by atoms with Crippen molar-refractivity contribution in [1.29, 1.82) is 0 Å². The molecule has 1 aliphatic carbocycles. The zero-order valence-electron chi connectivity index (χ0n) is 11.4. The van der Waals surface area contributed by atoms with E-state index in [0.29, 0.717) is 0 Å². The molecule has 1 aliphatic rings. The van der Waals surface area contributed by atoms with Crippen LogP contribution in [0.3, 0.4) is 0 Å². The summed E-state index contributed by atoms with van der Waals surface area (Å²) in [4.78, 5) is 15.5. The topological polar surface area (TPSA) is 89.6 Å². The van der Waals surface area contributed by atoms with Crippen molar-refractivity contribution in [3.05, 3.63) is 23.9 Å². The lowest BCUT2D eigenvalue weighted by Gasteiger charge is -2.26. The highest BCUT2D eigenvalue weighted by Gasteiger charge is 2.32. The zero-order valence-corrected chi connectivity index (χ0v) is 11.4. The van der Waals surface area contributed by atoms with Gasteiger partial charge in [0, 0.05) is 6.04 Å². The summed E-state index contributed by atoms with van der Waals surface area (Å²) < 4.78 is 38.1. The van der Waals surface area contributed by atoms with Gasteiger partial charge < -0.3 is 11.1 Å². The van der Waals surface area contributed by atoms with Crippen LogP contribution in [0.15, 0.2) is 18.2 Å². The van der Waals surface area contributed by atoms with Gasteiger partial charge in [0.05, 0.1) is 0 Å². The van der Waals surface area contributed by atoms with Crippen LogP contribution in [0.2, 0.25) is 0 Å². The lowest BCUT2D eigenvalue weighted by Crippen LogP contribution is -2.28. The number of halogens is 3. The smallest absolute Gasteiger partial charge is 0.368 e. The Morgan fingerprint density at radius 3 is 2.50 bits per heavy atom. The predicted molar refractivity (Wildman–Crippen MR) is 73.7 cm³/mol. The van der Waals surface area contributed by atoms with Crippen molar-refractivity contribution in [3.8, 4) is 11.5 Å². The molecule has 3 rings (SSSR count). The fraction of sp³-hybridized carbons (Fsp3) is 0.385. The van der Waals surface area contributed by atoms with Crippen molar-refractivity contribution in [2.75, 3.05) is 11.1 Å². The first-order valence-corrected chi connectivity index (χ1v) is 6.74. The molecular weight excluding hydrogens is 297 g/mol. The average molecular weight is 310 g/mol. The Hall–Kier alpha value is -2.45. The molecule has 0 aliphatic heterocycles. The first-order valence-electron chi connectivity index (χ1n) is 6.74. The van der Waals surface area contributed by atoms with Crippen molar-refractivity contribution in [1.82, 2.24) is 19.9 Å². The summed E-state index contributed by atoms with van der Waals surface area (Å²) in [5, 5.41) is 3.08. The van der Waals surface area contributed by atoms with E-state index < -0.39 is 11.9 Å². The van der Waals surface area contributed by atoms with Crippen LogP contribution in [0.5, 0.6) is 0 Å². The number of alkyl halides is 3. The number of nitrogens with one attached hydrogen (secondary N) is 1. The Morgan fingerprint density at radius 2 is 1.86 bits per heavy atom. The maximum absolute atomic E-state index is 12.7. The van der Waals surface area contributed by atoms with Gasteiger partial charge in [-0.1, -0.05) is 6.07 Å². The molecule has 116 valence electrons. The van der Waals surface area contributed by atoms with Crippen molar-refractivity contribution in [2.24, 2.45) is 0 Å². The Kier molecular flexibility index (Phi) is 3.55. The standard InChI is InChI=1S/C13H13F3N6/c14-13(15,16)9-6-2-5-8(19-9)10-20-11(17)22-12(21-10)18-7-3-1-4-7/h2,5-7H,1,3-4H2,(H3,17,18,20,21,22). The fourth-order valence-corrected chi connectivity index (χ4v) is 2.02. The van der Waals surface area contributed by atoms with Crippen LogP contribution in [0.4, 0.5) is 25.1 Å². The summed E-state index contributed by atoms with van der Waals surface area (Å²) >= 11 is 0. The molecule has 1 fully saturated rings. The minimum absolute atomic E-state index is 0.000541. The van der Waals surface area contributed by atoms with E-state index in [1.165, 1.54) is 12.1 Å². The number of nitrogens with two attached hydrogens (primary N) is 1. The molecule has 6 nitrogen and oxygen atoms in total. The first-order chi connectivity index (χ1) is 10.4. The van der Waals surface area contributed by atoms with E-state index in [1.54, 1.807) is 0 Å². The number of rotatable bonds is 3. The second-order valence-corrected chi connectivity index (χ2v) is 5.02. The molecule has 0 spiro atoms.